The zero-order chi connectivity index (χ0) is 14.1. The molecule has 1 heterocycles. The molecule has 0 fully saturated rings. The highest BCUT2D eigenvalue weighted by Crippen LogP contribution is 2.35. The Labute approximate surface area is 122 Å². The van der Waals surface area contributed by atoms with Gasteiger partial charge < -0.3 is 11.1 Å². The van der Waals surface area contributed by atoms with Gasteiger partial charge in [-0.2, -0.15) is 0 Å². The second kappa shape index (κ2) is 5.32. The Morgan fingerprint density at radius 3 is 3.00 bits per heavy atom. The van der Waals surface area contributed by atoms with Crippen molar-refractivity contribution in [1.82, 2.24) is 5.32 Å². The number of hydrogen-bond donors (Lipinski definition) is 2. The summed E-state index contributed by atoms with van der Waals surface area (Å²) in [6, 6.07) is 4.98. The van der Waals surface area contributed by atoms with Crippen LogP contribution in [0, 0.1) is 5.82 Å². The molecule has 0 saturated heterocycles. The second-order valence-corrected chi connectivity index (χ2v) is 5.53. The van der Waals surface area contributed by atoms with Crippen LogP contribution in [0.15, 0.2) is 34.3 Å². The van der Waals surface area contributed by atoms with E-state index in [0.717, 1.165) is 36.1 Å². The standard InChI is InChI=1S/C15H16FN3S/c16-13-3-1-2-11-10(13)5-4-9-6-7-18-8-12(9)14(11)19-15(17)20/h1-3,8,14H,4-7H2,(H3,17,19,20). The van der Waals surface area contributed by atoms with E-state index in [1.54, 1.807) is 6.07 Å². The lowest BCUT2D eigenvalue weighted by Crippen LogP contribution is -2.35. The van der Waals surface area contributed by atoms with Gasteiger partial charge in [0.25, 0.3) is 0 Å². The van der Waals surface area contributed by atoms with E-state index in [9.17, 15) is 4.39 Å². The largest absolute Gasteiger partial charge is 0.376 e. The Kier molecular flexibility index (Phi) is 3.53. The van der Waals surface area contributed by atoms with E-state index in [2.05, 4.69) is 10.3 Å². The van der Waals surface area contributed by atoms with Crippen LogP contribution in [0.1, 0.15) is 30.0 Å². The van der Waals surface area contributed by atoms with Gasteiger partial charge in [-0.3, -0.25) is 4.99 Å². The number of aliphatic imine (C=N–C) groups is 1. The van der Waals surface area contributed by atoms with Gasteiger partial charge in [-0.05, 0) is 54.2 Å². The van der Waals surface area contributed by atoms with Crippen LogP contribution in [0.4, 0.5) is 4.39 Å². The third-order valence-corrected chi connectivity index (χ3v) is 4.04. The van der Waals surface area contributed by atoms with Crippen LogP contribution < -0.4 is 11.1 Å². The first kappa shape index (κ1) is 13.2. The fourth-order valence-corrected chi connectivity index (χ4v) is 3.11. The van der Waals surface area contributed by atoms with Crippen molar-refractivity contribution in [2.45, 2.75) is 25.3 Å². The van der Waals surface area contributed by atoms with Crippen LogP contribution in [0.25, 0.3) is 0 Å². The van der Waals surface area contributed by atoms with Crippen LogP contribution in [-0.4, -0.2) is 17.9 Å². The topological polar surface area (TPSA) is 50.4 Å². The predicted molar refractivity (Wildman–Crippen MR) is 82.4 cm³/mol. The molecule has 1 unspecified atom stereocenters. The maximum absolute atomic E-state index is 14.1. The Hall–Kier alpha value is -1.75. The molecular weight excluding hydrogens is 273 g/mol. The Balaban J connectivity index is 2.13. The number of nitrogens with one attached hydrogen (secondary N) is 1. The van der Waals surface area contributed by atoms with Crippen molar-refractivity contribution in [3.8, 4) is 0 Å². The summed E-state index contributed by atoms with van der Waals surface area (Å²) in [5, 5.41) is 3.32. The first-order chi connectivity index (χ1) is 9.66. The fourth-order valence-electron chi connectivity index (χ4n) is 3.00. The summed E-state index contributed by atoms with van der Waals surface area (Å²) in [6.07, 6.45) is 4.39. The summed E-state index contributed by atoms with van der Waals surface area (Å²) < 4.78 is 14.1. The Morgan fingerprint density at radius 2 is 2.20 bits per heavy atom. The van der Waals surface area contributed by atoms with Crippen LogP contribution in [0.5, 0.6) is 0 Å². The van der Waals surface area contributed by atoms with E-state index >= 15 is 0 Å². The lowest BCUT2D eigenvalue weighted by atomic mass is 9.93. The molecule has 0 saturated carbocycles. The highest BCUT2D eigenvalue weighted by molar-refractivity contribution is 7.80. The highest BCUT2D eigenvalue weighted by Gasteiger charge is 2.27. The van der Waals surface area contributed by atoms with Crippen LogP contribution in [0.3, 0.4) is 0 Å². The molecule has 0 spiro atoms. The molecule has 1 aromatic carbocycles. The molecule has 3 nitrogen and oxygen atoms in total. The smallest absolute Gasteiger partial charge is 0.164 e. The summed E-state index contributed by atoms with van der Waals surface area (Å²) in [6.45, 7) is 0.803. The lowest BCUT2D eigenvalue weighted by Gasteiger charge is -2.24. The number of halogens is 1. The van der Waals surface area contributed by atoms with E-state index in [1.165, 1.54) is 11.6 Å². The summed E-state index contributed by atoms with van der Waals surface area (Å²) in [5.74, 6) is -0.158. The minimum Gasteiger partial charge on any atom is -0.376 e. The molecule has 0 radical (unpaired) electrons. The maximum atomic E-state index is 14.1. The first-order valence-electron chi connectivity index (χ1n) is 6.72. The van der Waals surface area contributed by atoms with Gasteiger partial charge in [0.15, 0.2) is 5.11 Å². The molecule has 1 atom stereocenters. The van der Waals surface area contributed by atoms with Gasteiger partial charge in [-0.1, -0.05) is 17.7 Å². The van der Waals surface area contributed by atoms with Crippen LogP contribution in [0.2, 0.25) is 0 Å². The quantitative estimate of drug-likeness (QED) is 0.781. The number of dihydropyridines is 1. The lowest BCUT2D eigenvalue weighted by molar-refractivity contribution is 0.602. The van der Waals surface area contributed by atoms with E-state index in [4.69, 9.17) is 18.0 Å². The first-order valence-corrected chi connectivity index (χ1v) is 7.12. The Morgan fingerprint density at radius 1 is 1.35 bits per heavy atom. The predicted octanol–water partition coefficient (Wildman–Crippen LogP) is 2.42. The maximum Gasteiger partial charge on any atom is 0.164 e. The average molecular weight is 289 g/mol. The number of benzene rings is 1. The highest BCUT2D eigenvalue weighted by atomic mass is 32.1. The van der Waals surface area contributed by atoms with E-state index in [-0.39, 0.29) is 17.0 Å². The molecule has 0 aromatic heterocycles. The fraction of sp³-hybridized carbons (Fsp3) is 0.333. The number of nitrogens with zero attached hydrogens (tertiary/aromatic N) is 1. The summed E-state index contributed by atoms with van der Waals surface area (Å²) >= 11 is 4.98. The van der Waals surface area contributed by atoms with E-state index < -0.39 is 0 Å². The van der Waals surface area contributed by atoms with Crippen molar-refractivity contribution in [3.05, 3.63) is 46.3 Å². The van der Waals surface area contributed by atoms with Crippen molar-refractivity contribution < 1.29 is 4.39 Å². The molecule has 3 rings (SSSR count). The van der Waals surface area contributed by atoms with Crippen molar-refractivity contribution in [2.75, 3.05) is 6.54 Å². The van der Waals surface area contributed by atoms with Gasteiger partial charge in [0.05, 0.1) is 6.04 Å². The van der Waals surface area contributed by atoms with Crippen molar-refractivity contribution in [1.29, 1.82) is 0 Å². The van der Waals surface area contributed by atoms with Crippen molar-refractivity contribution in [3.63, 3.8) is 0 Å². The molecule has 0 amide bonds. The molecule has 0 bridgehead atoms. The Bertz CT molecular complexity index is 622. The van der Waals surface area contributed by atoms with Crippen LogP contribution >= 0.6 is 12.2 Å². The number of thiocarbonyl (C=S) groups is 1. The normalized spacial score (nSPS) is 20.9. The second-order valence-electron chi connectivity index (χ2n) is 5.09. The number of fused-ring (bicyclic) bond motifs is 1. The number of hydrogen-bond acceptors (Lipinski definition) is 2. The zero-order valence-electron chi connectivity index (χ0n) is 11.0. The summed E-state index contributed by atoms with van der Waals surface area (Å²) in [5.41, 5.74) is 9.73. The van der Waals surface area contributed by atoms with Gasteiger partial charge in [-0.25, -0.2) is 4.39 Å². The van der Waals surface area contributed by atoms with Gasteiger partial charge >= 0.3 is 0 Å². The molecule has 20 heavy (non-hydrogen) atoms. The third kappa shape index (κ3) is 2.33. The molecule has 1 aromatic rings. The molecule has 1 aliphatic carbocycles. The van der Waals surface area contributed by atoms with E-state index in [0.29, 0.717) is 6.42 Å². The summed E-state index contributed by atoms with van der Waals surface area (Å²) in [7, 11) is 0. The average Bonchev–Trinajstić information content (AvgIpc) is 2.58. The molecule has 3 N–H and O–H groups in total. The van der Waals surface area contributed by atoms with Crippen molar-refractivity contribution in [2.24, 2.45) is 10.7 Å². The van der Waals surface area contributed by atoms with E-state index in [1.807, 2.05) is 12.3 Å². The SMILES string of the molecule is NC(=S)NC1C2=C(CCN=C2)CCc2c(F)cccc21. The number of rotatable bonds is 1. The minimum absolute atomic E-state index is 0.158. The molecule has 2 aliphatic rings. The molecule has 1 aliphatic heterocycles. The molecule has 104 valence electrons. The van der Waals surface area contributed by atoms with Gasteiger partial charge in [-0.15, -0.1) is 0 Å². The monoisotopic (exact) mass is 289 g/mol. The van der Waals surface area contributed by atoms with Crippen LogP contribution in [-0.2, 0) is 6.42 Å². The van der Waals surface area contributed by atoms with Gasteiger partial charge in [0.2, 0.25) is 0 Å². The van der Waals surface area contributed by atoms with Gasteiger partial charge in [0, 0.05) is 12.8 Å². The molecular formula is C15H16FN3S. The van der Waals surface area contributed by atoms with Crippen molar-refractivity contribution >= 4 is 23.5 Å². The third-order valence-electron chi connectivity index (χ3n) is 3.92. The summed E-state index contributed by atoms with van der Waals surface area (Å²) in [4.78, 5) is 4.36. The molecule has 5 heteroatoms. The van der Waals surface area contributed by atoms with Gasteiger partial charge in [0.1, 0.15) is 5.82 Å². The zero-order valence-corrected chi connectivity index (χ0v) is 11.8. The number of nitrogens with two attached hydrogens (primary N) is 1. The minimum atomic E-state index is -0.195.